The van der Waals surface area contributed by atoms with Gasteiger partial charge in [0.15, 0.2) is 0 Å². The Morgan fingerprint density at radius 2 is 1.68 bits per heavy atom. The lowest BCUT2D eigenvalue weighted by Gasteiger charge is -2.16. The predicted octanol–water partition coefficient (Wildman–Crippen LogP) is 5.44. The second kappa shape index (κ2) is 8.66. The van der Waals surface area contributed by atoms with Crippen molar-refractivity contribution >= 4 is 40.4 Å². The van der Waals surface area contributed by atoms with Gasteiger partial charge in [-0.15, -0.1) is 0 Å². The minimum Gasteiger partial charge on any atom is -0.492 e. The number of imide groups is 1. The normalized spacial score (nSPS) is 13.7. The molecule has 3 aromatic carbocycles. The van der Waals surface area contributed by atoms with Gasteiger partial charge in [0, 0.05) is 5.02 Å². The van der Waals surface area contributed by atoms with Crippen molar-refractivity contribution in [2.24, 2.45) is 0 Å². The summed E-state index contributed by atoms with van der Waals surface area (Å²) in [6.45, 7) is 4.28. The Morgan fingerprint density at radius 3 is 2.39 bits per heavy atom. The summed E-state index contributed by atoms with van der Waals surface area (Å²) in [5.41, 5.74) is 3.17. The van der Waals surface area contributed by atoms with Crippen molar-refractivity contribution in [2.75, 3.05) is 16.8 Å². The van der Waals surface area contributed by atoms with Crippen LogP contribution in [-0.4, -0.2) is 18.4 Å². The molecule has 4 rings (SSSR count). The minimum absolute atomic E-state index is 0.195. The molecule has 0 spiro atoms. The number of rotatable bonds is 6. The fourth-order valence-electron chi connectivity index (χ4n) is 3.52. The second-order valence-corrected chi connectivity index (χ2v) is 7.53. The van der Waals surface area contributed by atoms with Crippen LogP contribution in [-0.2, 0) is 9.59 Å². The van der Waals surface area contributed by atoms with Crippen LogP contribution in [0.2, 0.25) is 5.02 Å². The van der Waals surface area contributed by atoms with Gasteiger partial charge in [0.25, 0.3) is 11.8 Å². The van der Waals surface area contributed by atoms with Crippen molar-refractivity contribution in [1.29, 1.82) is 0 Å². The van der Waals surface area contributed by atoms with Gasteiger partial charge in [-0.2, -0.15) is 0 Å². The van der Waals surface area contributed by atoms with Crippen LogP contribution in [0.4, 0.5) is 11.4 Å². The van der Waals surface area contributed by atoms with E-state index in [4.69, 9.17) is 16.3 Å². The highest BCUT2D eigenvalue weighted by Gasteiger charge is 2.40. The summed E-state index contributed by atoms with van der Waals surface area (Å²) in [7, 11) is 0. The summed E-state index contributed by atoms with van der Waals surface area (Å²) in [6, 6.07) is 21.5. The number of hydrogen-bond acceptors (Lipinski definition) is 4. The van der Waals surface area contributed by atoms with Crippen LogP contribution in [0.25, 0.3) is 5.57 Å². The molecule has 1 N–H and O–H groups in total. The van der Waals surface area contributed by atoms with Gasteiger partial charge in [-0.05, 0) is 61.4 Å². The van der Waals surface area contributed by atoms with E-state index in [2.05, 4.69) is 5.32 Å². The number of carbonyl (C=O) groups is 2. The molecule has 0 bridgehead atoms. The lowest BCUT2D eigenvalue weighted by atomic mass is 10.0. The topological polar surface area (TPSA) is 58.6 Å². The highest BCUT2D eigenvalue weighted by molar-refractivity contribution is 6.46. The van der Waals surface area contributed by atoms with Crippen molar-refractivity contribution in [2.45, 2.75) is 13.8 Å². The molecule has 0 radical (unpaired) electrons. The number of nitrogens with one attached hydrogen (secondary N) is 1. The van der Waals surface area contributed by atoms with E-state index < -0.39 is 11.8 Å². The van der Waals surface area contributed by atoms with E-state index in [0.717, 1.165) is 5.56 Å². The number of ether oxygens (including phenoxy) is 1. The number of anilines is 2. The fraction of sp³-hybridized carbons (Fsp3) is 0.120. The minimum atomic E-state index is -0.424. The van der Waals surface area contributed by atoms with Gasteiger partial charge in [-0.25, -0.2) is 4.90 Å². The second-order valence-electron chi connectivity index (χ2n) is 7.10. The van der Waals surface area contributed by atoms with Crippen LogP contribution >= 0.6 is 11.6 Å². The third-order valence-corrected chi connectivity index (χ3v) is 5.18. The number of nitrogens with zero attached hydrogens (tertiary/aromatic N) is 1. The first-order valence-corrected chi connectivity index (χ1v) is 10.3. The molecule has 31 heavy (non-hydrogen) atoms. The van der Waals surface area contributed by atoms with Crippen LogP contribution < -0.4 is 15.0 Å². The van der Waals surface area contributed by atoms with E-state index >= 15 is 0 Å². The molecule has 0 unspecified atom stereocenters. The maximum atomic E-state index is 13.5. The average Bonchev–Trinajstić information content (AvgIpc) is 3.00. The molecule has 156 valence electrons. The molecule has 1 aliphatic rings. The number of amides is 2. The Balaban J connectivity index is 1.83. The van der Waals surface area contributed by atoms with Crippen LogP contribution in [0, 0.1) is 6.92 Å². The maximum Gasteiger partial charge on any atom is 0.282 e. The van der Waals surface area contributed by atoms with Gasteiger partial charge in [0.05, 0.1) is 23.6 Å². The molecular weight excluding hydrogens is 412 g/mol. The molecule has 1 heterocycles. The van der Waals surface area contributed by atoms with Crippen LogP contribution in [0.15, 0.2) is 78.5 Å². The molecule has 6 heteroatoms. The van der Waals surface area contributed by atoms with E-state index in [1.807, 2.05) is 56.3 Å². The Morgan fingerprint density at radius 1 is 0.935 bits per heavy atom. The third kappa shape index (κ3) is 4.05. The fourth-order valence-corrected chi connectivity index (χ4v) is 3.64. The standard InChI is InChI=1S/C25H21ClN2O3/c1-3-31-21-10-5-4-9-20(21)27-23-22(17-11-13-18(26)14-12-17)24(29)28(25(23)30)19-8-6-7-16(2)15-19/h4-15,27H,3H2,1-2H3. The van der Waals surface area contributed by atoms with Gasteiger partial charge in [0.2, 0.25) is 0 Å². The number of aryl methyl sites for hydroxylation is 1. The van der Waals surface area contributed by atoms with Crippen LogP contribution in [0.1, 0.15) is 18.1 Å². The smallest absolute Gasteiger partial charge is 0.282 e. The molecule has 0 atom stereocenters. The molecule has 2 amide bonds. The van der Waals surface area contributed by atoms with Gasteiger partial charge in [-0.3, -0.25) is 9.59 Å². The molecule has 1 aliphatic heterocycles. The lowest BCUT2D eigenvalue weighted by molar-refractivity contribution is -0.120. The van der Waals surface area contributed by atoms with E-state index in [1.54, 1.807) is 30.3 Å². The summed E-state index contributed by atoms with van der Waals surface area (Å²) >= 11 is 6.04. The Kier molecular flexibility index (Phi) is 5.78. The van der Waals surface area contributed by atoms with E-state index in [9.17, 15) is 9.59 Å². The Hall–Kier alpha value is -3.57. The molecule has 0 aliphatic carbocycles. The molecule has 0 saturated carbocycles. The molecule has 3 aromatic rings. The first-order valence-electron chi connectivity index (χ1n) is 9.94. The summed E-state index contributed by atoms with van der Waals surface area (Å²) in [6.07, 6.45) is 0. The lowest BCUT2D eigenvalue weighted by Crippen LogP contribution is -2.32. The van der Waals surface area contributed by atoms with Gasteiger partial charge in [0.1, 0.15) is 11.4 Å². The first kappa shape index (κ1) is 20.7. The maximum absolute atomic E-state index is 13.5. The number of halogens is 1. The summed E-state index contributed by atoms with van der Waals surface area (Å²) in [4.78, 5) is 28.1. The number of hydrogen-bond donors (Lipinski definition) is 1. The monoisotopic (exact) mass is 432 g/mol. The predicted molar refractivity (Wildman–Crippen MR) is 123 cm³/mol. The molecule has 0 aromatic heterocycles. The van der Waals surface area contributed by atoms with Gasteiger partial charge >= 0.3 is 0 Å². The van der Waals surface area contributed by atoms with E-state index in [0.29, 0.717) is 34.3 Å². The number of para-hydroxylation sites is 2. The summed E-state index contributed by atoms with van der Waals surface area (Å²) in [5.74, 6) is -0.219. The third-order valence-electron chi connectivity index (χ3n) is 4.92. The highest BCUT2D eigenvalue weighted by Crippen LogP contribution is 2.36. The Labute approximate surface area is 185 Å². The van der Waals surface area contributed by atoms with Gasteiger partial charge < -0.3 is 10.1 Å². The number of benzene rings is 3. The summed E-state index contributed by atoms with van der Waals surface area (Å²) < 4.78 is 5.68. The molecule has 0 saturated heterocycles. The highest BCUT2D eigenvalue weighted by atomic mass is 35.5. The Bertz CT molecular complexity index is 1190. The van der Waals surface area contributed by atoms with E-state index in [1.165, 1.54) is 4.90 Å². The molecule has 5 nitrogen and oxygen atoms in total. The number of carbonyl (C=O) groups excluding carboxylic acids is 2. The van der Waals surface area contributed by atoms with Crippen LogP contribution in [0.3, 0.4) is 0 Å². The zero-order valence-corrected chi connectivity index (χ0v) is 17.9. The van der Waals surface area contributed by atoms with Crippen molar-refractivity contribution in [3.63, 3.8) is 0 Å². The SMILES string of the molecule is CCOc1ccccc1NC1=C(c2ccc(Cl)cc2)C(=O)N(c2cccc(C)c2)C1=O. The quantitative estimate of drug-likeness (QED) is 0.526. The largest absolute Gasteiger partial charge is 0.492 e. The summed E-state index contributed by atoms with van der Waals surface area (Å²) in [5, 5.41) is 3.71. The van der Waals surface area contributed by atoms with E-state index in [-0.39, 0.29) is 11.3 Å². The average molecular weight is 433 g/mol. The van der Waals surface area contributed by atoms with Crippen molar-refractivity contribution < 1.29 is 14.3 Å². The zero-order chi connectivity index (χ0) is 22.0. The molecule has 0 fully saturated rings. The van der Waals surface area contributed by atoms with Crippen molar-refractivity contribution in [3.05, 3.63) is 94.6 Å². The molecular formula is C25H21ClN2O3. The van der Waals surface area contributed by atoms with Crippen molar-refractivity contribution in [3.8, 4) is 5.75 Å². The van der Waals surface area contributed by atoms with Gasteiger partial charge in [-0.1, -0.05) is 48.0 Å². The zero-order valence-electron chi connectivity index (χ0n) is 17.2. The van der Waals surface area contributed by atoms with Crippen molar-refractivity contribution in [1.82, 2.24) is 0 Å². The van der Waals surface area contributed by atoms with Crippen LogP contribution in [0.5, 0.6) is 5.75 Å². The first-order chi connectivity index (χ1) is 15.0.